The quantitative estimate of drug-likeness (QED) is 0.501. The van der Waals surface area contributed by atoms with Gasteiger partial charge in [-0.25, -0.2) is 4.18 Å². The predicted molar refractivity (Wildman–Crippen MR) is 51.4 cm³/mol. The lowest BCUT2D eigenvalue weighted by Crippen LogP contribution is -2.03. The second-order valence-corrected chi connectivity index (χ2v) is 3.26. The maximum absolute atomic E-state index is 9.72. The molecule has 0 aromatic heterocycles. The average Bonchev–Trinajstić information content (AvgIpc) is 2.11. The van der Waals surface area contributed by atoms with Crippen molar-refractivity contribution in [2.24, 2.45) is 0 Å². The molecule has 2 N–H and O–H groups in total. The molecule has 0 aliphatic rings. The molecule has 0 aliphatic heterocycles. The fourth-order valence-corrected chi connectivity index (χ4v) is 0.775. The van der Waals surface area contributed by atoms with Crippen LogP contribution in [0.3, 0.4) is 0 Å². The van der Waals surface area contributed by atoms with Gasteiger partial charge in [-0.1, -0.05) is 6.92 Å². The number of aliphatic hydroxyl groups excluding tert-OH is 1. The standard InChI is InChI=1S/C4H10O2.C3H8O4S/c1-2-6-4-3-5;1-2-3-7-8(4,5)6/h5H,2-4H2,1H3;2-3H2,1H3,(H,4,5,6). The van der Waals surface area contributed by atoms with E-state index in [4.69, 9.17) is 14.4 Å². The highest BCUT2D eigenvalue weighted by Gasteiger charge is 1.99. The first-order valence-corrected chi connectivity index (χ1v) is 5.64. The van der Waals surface area contributed by atoms with Gasteiger partial charge in [0.05, 0.1) is 19.8 Å². The van der Waals surface area contributed by atoms with Crippen LogP contribution in [0.5, 0.6) is 0 Å². The molecule has 14 heavy (non-hydrogen) atoms. The lowest BCUT2D eigenvalue weighted by atomic mass is 10.5. The van der Waals surface area contributed by atoms with E-state index in [1.807, 2.05) is 6.92 Å². The van der Waals surface area contributed by atoms with Gasteiger partial charge in [0.1, 0.15) is 0 Å². The lowest BCUT2D eigenvalue weighted by molar-refractivity contribution is 0.102. The Morgan fingerprint density at radius 2 is 1.79 bits per heavy atom. The van der Waals surface area contributed by atoms with Gasteiger partial charge in [0, 0.05) is 6.61 Å². The summed E-state index contributed by atoms with van der Waals surface area (Å²) in [6.45, 7) is 4.98. The Hall–Kier alpha value is -0.210. The molecule has 0 aromatic rings. The Morgan fingerprint density at radius 1 is 1.21 bits per heavy atom. The fraction of sp³-hybridized carbons (Fsp3) is 1.00. The second kappa shape index (κ2) is 10.9. The number of hydrogen-bond acceptors (Lipinski definition) is 5. The van der Waals surface area contributed by atoms with Crippen molar-refractivity contribution in [3.8, 4) is 0 Å². The van der Waals surface area contributed by atoms with E-state index >= 15 is 0 Å². The molecule has 7 heteroatoms. The third-order valence-electron chi connectivity index (χ3n) is 0.876. The molecule has 88 valence electrons. The number of aliphatic hydroxyl groups is 1. The van der Waals surface area contributed by atoms with Crippen molar-refractivity contribution in [1.29, 1.82) is 0 Å². The molecule has 0 saturated carbocycles. The van der Waals surface area contributed by atoms with Crippen LogP contribution in [0, 0.1) is 0 Å². The molecule has 0 aliphatic carbocycles. The average molecular weight is 230 g/mol. The van der Waals surface area contributed by atoms with Crippen molar-refractivity contribution in [3.63, 3.8) is 0 Å². The topological polar surface area (TPSA) is 93.1 Å². The molecule has 0 heterocycles. The Bertz CT molecular complexity index is 184. The van der Waals surface area contributed by atoms with E-state index in [1.54, 1.807) is 6.92 Å². The van der Waals surface area contributed by atoms with E-state index in [-0.39, 0.29) is 13.2 Å². The SMILES string of the molecule is CCCOS(=O)(=O)O.CCOCCO. The monoisotopic (exact) mass is 230 g/mol. The normalized spacial score (nSPS) is 10.6. The van der Waals surface area contributed by atoms with Crippen molar-refractivity contribution in [2.45, 2.75) is 20.3 Å². The molecule has 6 nitrogen and oxygen atoms in total. The Kier molecular flexibility index (Phi) is 12.6. The highest BCUT2D eigenvalue weighted by Crippen LogP contribution is 1.86. The largest absolute Gasteiger partial charge is 0.397 e. The summed E-state index contributed by atoms with van der Waals surface area (Å²) in [5, 5.41) is 8.07. The van der Waals surface area contributed by atoms with Gasteiger partial charge in [0.25, 0.3) is 0 Å². The lowest BCUT2D eigenvalue weighted by Gasteiger charge is -1.92. The van der Waals surface area contributed by atoms with Crippen LogP contribution < -0.4 is 0 Å². The van der Waals surface area contributed by atoms with E-state index in [0.717, 1.165) is 0 Å². The number of hydrogen-bond donors (Lipinski definition) is 2. The molecule has 0 radical (unpaired) electrons. The smallest absolute Gasteiger partial charge is 0.394 e. The van der Waals surface area contributed by atoms with E-state index in [2.05, 4.69) is 4.18 Å². The Morgan fingerprint density at radius 3 is 1.93 bits per heavy atom. The minimum atomic E-state index is -4.19. The van der Waals surface area contributed by atoms with Gasteiger partial charge in [-0.2, -0.15) is 8.42 Å². The van der Waals surface area contributed by atoms with Crippen LogP contribution in [0.1, 0.15) is 20.3 Å². The first-order chi connectivity index (χ1) is 6.47. The molecule has 0 saturated heterocycles. The fourth-order valence-electron chi connectivity index (χ4n) is 0.398. The molecule has 0 amide bonds. The first kappa shape index (κ1) is 16.2. The van der Waals surface area contributed by atoms with Crippen LogP contribution in [0.2, 0.25) is 0 Å². The molecule has 0 spiro atoms. The van der Waals surface area contributed by atoms with Crippen LogP contribution in [-0.4, -0.2) is 44.5 Å². The van der Waals surface area contributed by atoms with E-state index < -0.39 is 10.4 Å². The third kappa shape index (κ3) is 22.6. The van der Waals surface area contributed by atoms with E-state index in [0.29, 0.717) is 19.6 Å². The Balaban J connectivity index is 0. The Labute approximate surface area is 84.8 Å². The second-order valence-electron chi connectivity index (χ2n) is 2.17. The summed E-state index contributed by atoms with van der Waals surface area (Å²) in [6.07, 6.45) is 0.569. The van der Waals surface area contributed by atoms with E-state index in [1.165, 1.54) is 0 Å². The minimum Gasteiger partial charge on any atom is -0.394 e. The molecular formula is C7H18O6S. The van der Waals surface area contributed by atoms with Crippen molar-refractivity contribution in [2.75, 3.05) is 26.4 Å². The van der Waals surface area contributed by atoms with Gasteiger partial charge in [-0.15, -0.1) is 0 Å². The van der Waals surface area contributed by atoms with E-state index in [9.17, 15) is 8.42 Å². The van der Waals surface area contributed by atoms with Gasteiger partial charge >= 0.3 is 10.4 Å². The summed E-state index contributed by atoms with van der Waals surface area (Å²) < 4.78 is 36.0. The van der Waals surface area contributed by atoms with Crippen LogP contribution in [-0.2, 0) is 19.3 Å². The van der Waals surface area contributed by atoms with Gasteiger partial charge in [-0.05, 0) is 13.3 Å². The van der Waals surface area contributed by atoms with Crippen LogP contribution >= 0.6 is 0 Å². The zero-order valence-electron chi connectivity index (χ0n) is 8.47. The van der Waals surface area contributed by atoms with Crippen molar-refractivity contribution in [3.05, 3.63) is 0 Å². The van der Waals surface area contributed by atoms with Gasteiger partial charge < -0.3 is 9.84 Å². The first-order valence-electron chi connectivity index (χ1n) is 4.28. The maximum Gasteiger partial charge on any atom is 0.397 e. The summed E-state index contributed by atoms with van der Waals surface area (Å²) in [5.41, 5.74) is 0. The van der Waals surface area contributed by atoms with Crippen molar-refractivity contribution < 1.29 is 27.0 Å². The summed E-state index contributed by atoms with van der Waals surface area (Å²) in [4.78, 5) is 0. The van der Waals surface area contributed by atoms with Gasteiger partial charge in [0.15, 0.2) is 0 Å². The molecule has 0 bridgehead atoms. The molecule has 0 atom stereocenters. The predicted octanol–water partition coefficient (Wildman–Crippen LogP) is 0.231. The summed E-state index contributed by atoms with van der Waals surface area (Å²) in [6, 6.07) is 0. The zero-order valence-corrected chi connectivity index (χ0v) is 9.29. The van der Waals surface area contributed by atoms with Crippen LogP contribution in [0.15, 0.2) is 0 Å². The highest BCUT2D eigenvalue weighted by molar-refractivity contribution is 7.80. The van der Waals surface area contributed by atoms with Crippen LogP contribution in [0.4, 0.5) is 0 Å². The maximum atomic E-state index is 9.72. The van der Waals surface area contributed by atoms with Gasteiger partial charge in [-0.3, -0.25) is 4.55 Å². The summed E-state index contributed by atoms with van der Waals surface area (Å²) in [7, 11) is -4.19. The summed E-state index contributed by atoms with van der Waals surface area (Å²) in [5.74, 6) is 0. The summed E-state index contributed by atoms with van der Waals surface area (Å²) >= 11 is 0. The van der Waals surface area contributed by atoms with Crippen LogP contribution in [0.25, 0.3) is 0 Å². The molecule has 0 rings (SSSR count). The molecule has 0 unspecified atom stereocenters. The third-order valence-corrected chi connectivity index (χ3v) is 1.34. The van der Waals surface area contributed by atoms with Crippen molar-refractivity contribution in [1.82, 2.24) is 0 Å². The number of ether oxygens (including phenoxy) is 1. The van der Waals surface area contributed by atoms with Gasteiger partial charge in [0.2, 0.25) is 0 Å². The molecular weight excluding hydrogens is 212 g/mol. The molecule has 0 fully saturated rings. The highest BCUT2D eigenvalue weighted by atomic mass is 32.3. The molecule has 0 aromatic carbocycles. The van der Waals surface area contributed by atoms with Crippen molar-refractivity contribution >= 4 is 10.4 Å². The number of rotatable bonds is 6. The zero-order chi connectivity index (χ0) is 11.4. The minimum absolute atomic E-state index is 0.0405.